The maximum Gasteiger partial charge on any atom is 0.147 e. The molecule has 3 N–H and O–H groups in total. The smallest absolute Gasteiger partial charge is 0.147 e. The Labute approximate surface area is 101 Å². The molecule has 0 fully saturated rings. The molecule has 1 rings (SSSR count). The Bertz CT molecular complexity index is 480. The van der Waals surface area contributed by atoms with Gasteiger partial charge in [0.25, 0.3) is 0 Å². The average Bonchev–Trinajstić information content (AvgIpc) is 2.24. The summed E-state index contributed by atoms with van der Waals surface area (Å²) < 4.78 is 27.1. The largest absolute Gasteiger partial charge is 0.494 e. The van der Waals surface area contributed by atoms with Gasteiger partial charge >= 0.3 is 0 Å². The van der Waals surface area contributed by atoms with Gasteiger partial charge in [0.15, 0.2) is 0 Å². The van der Waals surface area contributed by atoms with Crippen LogP contribution in [-0.4, -0.2) is 32.9 Å². The first-order valence-corrected chi connectivity index (χ1v) is 7.19. The zero-order valence-electron chi connectivity index (χ0n) is 9.64. The second kappa shape index (κ2) is 5.67. The highest BCUT2D eigenvalue weighted by Gasteiger charge is 2.02. The van der Waals surface area contributed by atoms with Crippen LogP contribution in [-0.2, 0) is 9.84 Å². The minimum absolute atomic E-state index is 0.00799. The van der Waals surface area contributed by atoms with Crippen LogP contribution in [0.15, 0.2) is 24.3 Å². The third-order valence-corrected chi connectivity index (χ3v) is 3.12. The minimum atomic E-state index is -2.92. The van der Waals surface area contributed by atoms with Crippen molar-refractivity contribution in [3.05, 3.63) is 29.8 Å². The molecule has 0 aliphatic heterocycles. The van der Waals surface area contributed by atoms with Crippen LogP contribution < -0.4 is 10.5 Å². The predicted octanol–water partition coefficient (Wildman–Crippen LogP) is 0.784. The van der Waals surface area contributed by atoms with E-state index in [2.05, 4.69) is 0 Å². The van der Waals surface area contributed by atoms with Gasteiger partial charge in [-0.15, -0.1) is 0 Å². The average molecular weight is 256 g/mol. The second-order valence-electron chi connectivity index (χ2n) is 3.77. The Hall–Kier alpha value is -1.56. The standard InChI is InChI=1S/C11H16N2O3S/c1-17(14,15)8-2-7-16-10-5-3-9(4-6-10)11(12)13/h3-6H,2,7-8H2,1H3,(H3,12,13). The Morgan fingerprint density at radius 2 is 1.94 bits per heavy atom. The summed E-state index contributed by atoms with van der Waals surface area (Å²) in [6.07, 6.45) is 1.67. The molecule has 0 aliphatic carbocycles. The van der Waals surface area contributed by atoms with Gasteiger partial charge < -0.3 is 10.5 Å². The van der Waals surface area contributed by atoms with E-state index >= 15 is 0 Å². The fourth-order valence-corrected chi connectivity index (χ4v) is 1.88. The van der Waals surface area contributed by atoms with E-state index in [9.17, 15) is 8.42 Å². The van der Waals surface area contributed by atoms with Crippen molar-refractivity contribution >= 4 is 15.7 Å². The summed E-state index contributed by atoms with van der Waals surface area (Å²) in [5.41, 5.74) is 5.94. The molecule has 17 heavy (non-hydrogen) atoms. The van der Waals surface area contributed by atoms with Crippen LogP contribution in [0.2, 0.25) is 0 Å². The number of benzene rings is 1. The van der Waals surface area contributed by atoms with Gasteiger partial charge in [-0.1, -0.05) is 0 Å². The van der Waals surface area contributed by atoms with Crippen molar-refractivity contribution in [2.45, 2.75) is 6.42 Å². The highest BCUT2D eigenvalue weighted by molar-refractivity contribution is 7.90. The summed E-state index contributed by atoms with van der Waals surface area (Å²) in [4.78, 5) is 0. The van der Waals surface area contributed by atoms with Gasteiger partial charge in [-0.2, -0.15) is 0 Å². The maximum atomic E-state index is 10.9. The first-order chi connectivity index (χ1) is 7.88. The van der Waals surface area contributed by atoms with E-state index in [1.165, 1.54) is 6.26 Å². The molecular weight excluding hydrogens is 240 g/mol. The van der Waals surface area contributed by atoms with Crippen LogP contribution >= 0.6 is 0 Å². The van der Waals surface area contributed by atoms with E-state index in [1.807, 2.05) is 0 Å². The third-order valence-electron chi connectivity index (χ3n) is 2.09. The van der Waals surface area contributed by atoms with Crippen LogP contribution in [0.4, 0.5) is 0 Å². The zero-order valence-corrected chi connectivity index (χ0v) is 10.5. The molecule has 0 saturated carbocycles. The summed E-state index contributed by atoms with van der Waals surface area (Å²) in [5.74, 6) is 0.774. The minimum Gasteiger partial charge on any atom is -0.494 e. The number of hydrogen-bond acceptors (Lipinski definition) is 4. The van der Waals surface area contributed by atoms with E-state index in [0.29, 0.717) is 24.3 Å². The number of ether oxygens (including phenoxy) is 1. The molecule has 0 atom stereocenters. The molecule has 0 heterocycles. The van der Waals surface area contributed by atoms with Crippen LogP contribution in [0.25, 0.3) is 0 Å². The first-order valence-electron chi connectivity index (χ1n) is 5.13. The number of rotatable bonds is 6. The van der Waals surface area contributed by atoms with Crippen LogP contribution in [0.1, 0.15) is 12.0 Å². The summed E-state index contributed by atoms with van der Waals surface area (Å²) in [6.45, 7) is 0.354. The number of hydrogen-bond donors (Lipinski definition) is 2. The molecular formula is C11H16N2O3S. The molecule has 0 unspecified atom stereocenters. The Morgan fingerprint density at radius 1 is 1.35 bits per heavy atom. The van der Waals surface area contributed by atoms with E-state index in [1.54, 1.807) is 24.3 Å². The van der Waals surface area contributed by atoms with Gasteiger partial charge in [0.2, 0.25) is 0 Å². The van der Waals surface area contributed by atoms with E-state index in [-0.39, 0.29) is 11.6 Å². The monoisotopic (exact) mass is 256 g/mol. The van der Waals surface area contributed by atoms with Gasteiger partial charge in [-0.25, -0.2) is 8.42 Å². The quantitative estimate of drug-likeness (QED) is 0.447. The van der Waals surface area contributed by atoms with E-state index in [4.69, 9.17) is 15.9 Å². The first kappa shape index (κ1) is 13.5. The van der Waals surface area contributed by atoms with Crippen molar-refractivity contribution in [1.82, 2.24) is 0 Å². The molecule has 1 aromatic carbocycles. The van der Waals surface area contributed by atoms with Crippen molar-refractivity contribution in [1.29, 1.82) is 5.41 Å². The van der Waals surface area contributed by atoms with Crippen LogP contribution in [0.3, 0.4) is 0 Å². The molecule has 0 radical (unpaired) electrons. The molecule has 0 amide bonds. The molecule has 6 heteroatoms. The normalized spacial score (nSPS) is 11.1. The molecule has 0 saturated heterocycles. The Kier molecular flexibility index (Phi) is 4.51. The number of sulfone groups is 1. The maximum absolute atomic E-state index is 10.9. The Morgan fingerprint density at radius 3 is 2.41 bits per heavy atom. The molecule has 0 aliphatic rings. The van der Waals surface area contributed by atoms with Gasteiger partial charge in [-0.05, 0) is 30.7 Å². The van der Waals surface area contributed by atoms with E-state index in [0.717, 1.165) is 0 Å². The SMILES string of the molecule is CS(=O)(=O)CCCOc1ccc(C(=N)N)cc1. The number of nitrogens with one attached hydrogen (secondary N) is 1. The lowest BCUT2D eigenvalue weighted by Gasteiger charge is -2.06. The van der Waals surface area contributed by atoms with Gasteiger partial charge in [0, 0.05) is 11.8 Å². The molecule has 0 spiro atoms. The number of amidine groups is 1. The molecule has 0 bridgehead atoms. The summed E-state index contributed by atoms with van der Waals surface area (Å²) >= 11 is 0. The highest BCUT2D eigenvalue weighted by atomic mass is 32.2. The molecule has 0 aromatic heterocycles. The highest BCUT2D eigenvalue weighted by Crippen LogP contribution is 2.12. The lowest BCUT2D eigenvalue weighted by molar-refractivity contribution is 0.318. The lowest BCUT2D eigenvalue weighted by atomic mass is 10.2. The summed E-state index contributed by atoms with van der Waals surface area (Å²) in [6, 6.07) is 6.79. The summed E-state index contributed by atoms with van der Waals surface area (Å²) in [7, 11) is -2.92. The molecule has 94 valence electrons. The van der Waals surface area contributed by atoms with Crippen molar-refractivity contribution in [2.24, 2.45) is 5.73 Å². The van der Waals surface area contributed by atoms with Crippen molar-refractivity contribution in [3.8, 4) is 5.75 Å². The van der Waals surface area contributed by atoms with Crippen LogP contribution in [0.5, 0.6) is 5.75 Å². The predicted molar refractivity (Wildman–Crippen MR) is 67.3 cm³/mol. The van der Waals surface area contributed by atoms with Gasteiger partial charge in [-0.3, -0.25) is 5.41 Å². The van der Waals surface area contributed by atoms with Gasteiger partial charge in [0.1, 0.15) is 21.4 Å². The zero-order chi connectivity index (χ0) is 12.9. The molecule has 1 aromatic rings. The number of nitrogens with two attached hydrogens (primary N) is 1. The molecule has 5 nitrogen and oxygen atoms in total. The van der Waals surface area contributed by atoms with E-state index < -0.39 is 9.84 Å². The second-order valence-corrected chi connectivity index (χ2v) is 6.03. The van der Waals surface area contributed by atoms with Crippen molar-refractivity contribution < 1.29 is 13.2 Å². The van der Waals surface area contributed by atoms with Crippen molar-refractivity contribution in [2.75, 3.05) is 18.6 Å². The third kappa shape index (κ3) is 5.35. The fraction of sp³-hybridized carbons (Fsp3) is 0.364. The van der Waals surface area contributed by atoms with Gasteiger partial charge in [0.05, 0.1) is 12.4 Å². The van der Waals surface area contributed by atoms with Crippen LogP contribution in [0, 0.1) is 5.41 Å². The lowest BCUT2D eigenvalue weighted by Crippen LogP contribution is -2.11. The van der Waals surface area contributed by atoms with Crippen molar-refractivity contribution in [3.63, 3.8) is 0 Å². The number of nitrogen functional groups attached to an aromatic ring is 1. The summed E-state index contributed by atoms with van der Waals surface area (Å²) in [5, 5.41) is 7.21. The Balaban J connectivity index is 2.40. The topological polar surface area (TPSA) is 93.2 Å². The fourth-order valence-electron chi connectivity index (χ4n) is 1.24.